The molecule has 1 aromatic carbocycles. The quantitative estimate of drug-likeness (QED) is 0.675. The van der Waals surface area contributed by atoms with E-state index in [4.69, 9.17) is 5.73 Å². The van der Waals surface area contributed by atoms with E-state index in [1.807, 2.05) is 24.4 Å². The predicted octanol–water partition coefficient (Wildman–Crippen LogP) is 2.30. The highest BCUT2D eigenvalue weighted by atomic mass is 16.1. The largest absolute Gasteiger partial charge is 0.366 e. The van der Waals surface area contributed by atoms with Crippen LogP contribution in [0.2, 0.25) is 0 Å². The average molecular weight is 293 g/mol. The Morgan fingerprint density at radius 1 is 1.32 bits per heavy atom. The van der Waals surface area contributed by atoms with Crippen molar-refractivity contribution >= 4 is 22.9 Å². The summed E-state index contributed by atoms with van der Waals surface area (Å²) in [6.07, 6.45) is 6.04. The Bertz CT molecular complexity index is 904. The molecule has 1 amide bonds. The second kappa shape index (κ2) is 4.56. The first-order chi connectivity index (χ1) is 10.6. The van der Waals surface area contributed by atoms with Crippen LogP contribution in [0.15, 0.2) is 30.5 Å². The number of H-pyrrole nitrogens is 2. The molecule has 0 bridgehead atoms. The molecule has 1 aliphatic carbocycles. The fraction of sp³-hybridized carbons (Fsp3) is 0.188. The van der Waals surface area contributed by atoms with Gasteiger partial charge in [-0.2, -0.15) is 10.2 Å². The van der Waals surface area contributed by atoms with E-state index in [1.54, 1.807) is 6.07 Å². The molecule has 0 spiro atoms. The smallest absolute Gasteiger partial charge is 0.248 e. The van der Waals surface area contributed by atoms with E-state index in [0.29, 0.717) is 5.56 Å². The van der Waals surface area contributed by atoms with Crippen molar-refractivity contribution in [2.75, 3.05) is 0 Å². The van der Waals surface area contributed by atoms with E-state index in [-0.39, 0.29) is 11.8 Å². The SMILES string of the molecule is CC1c2cn[nH]c2C=CC1c1[nH]nc2ccc(C(N)=O)cc12. The molecule has 0 aliphatic heterocycles. The van der Waals surface area contributed by atoms with Gasteiger partial charge in [0, 0.05) is 22.4 Å². The minimum Gasteiger partial charge on any atom is -0.366 e. The van der Waals surface area contributed by atoms with Gasteiger partial charge in [0.1, 0.15) is 0 Å². The van der Waals surface area contributed by atoms with E-state index < -0.39 is 5.91 Å². The molecule has 2 atom stereocenters. The zero-order valence-corrected chi connectivity index (χ0v) is 12.0. The van der Waals surface area contributed by atoms with Crippen molar-refractivity contribution < 1.29 is 4.79 Å². The molecule has 2 aromatic heterocycles. The molecule has 6 heteroatoms. The Balaban J connectivity index is 1.84. The Labute approximate surface area is 126 Å². The number of aromatic nitrogens is 4. The van der Waals surface area contributed by atoms with Gasteiger partial charge in [0.2, 0.25) is 5.91 Å². The minimum atomic E-state index is -0.432. The van der Waals surface area contributed by atoms with Crippen molar-refractivity contribution in [2.24, 2.45) is 5.73 Å². The molecule has 0 saturated carbocycles. The standard InChI is InChI=1S/C16H15N5O/c1-8-10(3-5-14-12(8)7-18-19-14)15-11-6-9(16(17)22)2-4-13(11)20-21-15/h2-8,10H,1H3,(H2,17,22)(H,18,19)(H,20,21). The van der Waals surface area contributed by atoms with E-state index in [1.165, 1.54) is 5.56 Å². The molecule has 2 unspecified atom stereocenters. The highest BCUT2D eigenvalue weighted by Gasteiger charge is 2.27. The molecule has 4 rings (SSSR count). The number of rotatable bonds is 2. The van der Waals surface area contributed by atoms with E-state index in [9.17, 15) is 4.79 Å². The summed E-state index contributed by atoms with van der Waals surface area (Å²) in [5, 5.41) is 15.5. The minimum absolute atomic E-state index is 0.151. The number of hydrogen-bond acceptors (Lipinski definition) is 3. The number of allylic oxidation sites excluding steroid dienone is 1. The highest BCUT2D eigenvalue weighted by Crippen LogP contribution is 2.40. The molecule has 4 N–H and O–H groups in total. The number of amides is 1. The molecular weight excluding hydrogens is 278 g/mol. The van der Waals surface area contributed by atoms with E-state index in [2.05, 4.69) is 33.4 Å². The number of hydrogen-bond donors (Lipinski definition) is 3. The Kier molecular flexibility index (Phi) is 2.66. The summed E-state index contributed by atoms with van der Waals surface area (Å²) in [4.78, 5) is 11.4. The Morgan fingerprint density at radius 3 is 3.00 bits per heavy atom. The lowest BCUT2D eigenvalue weighted by atomic mass is 9.81. The Morgan fingerprint density at radius 2 is 2.18 bits per heavy atom. The lowest BCUT2D eigenvalue weighted by Crippen LogP contribution is -2.12. The number of nitrogens with one attached hydrogen (secondary N) is 2. The average Bonchev–Trinajstić information content (AvgIpc) is 3.13. The van der Waals surface area contributed by atoms with Crippen molar-refractivity contribution in [3.8, 4) is 0 Å². The first-order valence-electron chi connectivity index (χ1n) is 7.14. The Hall–Kier alpha value is -2.89. The molecule has 2 heterocycles. The maximum absolute atomic E-state index is 11.4. The summed E-state index contributed by atoms with van der Waals surface area (Å²) >= 11 is 0. The number of nitrogens with zero attached hydrogens (tertiary/aromatic N) is 2. The molecule has 1 aliphatic rings. The molecule has 0 fully saturated rings. The van der Waals surface area contributed by atoms with E-state index >= 15 is 0 Å². The second-order valence-corrected chi connectivity index (χ2v) is 5.65. The lowest BCUT2D eigenvalue weighted by Gasteiger charge is -2.23. The molecular formula is C16H15N5O. The van der Waals surface area contributed by atoms with Crippen LogP contribution in [-0.2, 0) is 0 Å². The molecule has 0 radical (unpaired) electrons. The van der Waals surface area contributed by atoms with Crippen LogP contribution in [0.25, 0.3) is 17.0 Å². The zero-order chi connectivity index (χ0) is 15.3. The third-order valence-corrected chi connectivity index (χ3v) is 4.40. The number of nitrogens with two attached hydrogens (primary N) is 1. The van der Waals surface area contributed by atoms with E-state index in [0.717, 1.165) is 22.3 Å². The summed E-state index contributed by atoms with van der Waals surface area (Å²) in [5.41, 5.74) is 9.93. The van der Waals surface area contributed by atoms with Crippen molar-refractivity contribution in [1.82, 2.24) is 20.4 Å². The molecule has 6 nitrogen and oxygen atoms in total. The normalized spacial score (nSPS) is 20.2. The third-order valence-electron chi connectivity index (χ3n) is 4.40. The number of primary amides is 1. The number of fused-ring (bicyclic) bond motifs is 2. The van der Waals surface area contributed by atoms with Gasteiger partial charge in [0.05, 0.1) is 23.1 Å². The van der Waals surface area contributed by atoms with Crippen LogP contribution < -0.4 is 5.73 Å². The highest BCUT2D eigenvalue weighted by molar-refractivity contribution is 5.97. The fourth-order valence-corrected chi connectivity index (χ4v) is 3.15. The number of aromatic amines is 2. The van der Waals surface area contributed by atoms with Crippen molar-refractivity contribution in [2.45, 2.75) is 18.8 Å². The first kappa shape index (κ1) is 12.8. The van der Waals surface area contributed by atoms with Crippen LogP contribution in [0.5, 0.6) is 0 Å². The number of carbonyl (C=O) groups excluding carboxylic acids is 1. The zero-order valence-electron chi connectivity index (χ0n) is 12.0. The number of benzene rings is 1. The summed E-state index contributed by atoms with van der Waals surface area (Å²) in [6, 6.07) is 5.32. The van der Waals surface area contributed by atoms with Crippen LogP contribution in [0.3, 0.4) is 0 Å². The summed E-state index contributed by atoms with van der Waals surface area (Å²) in [7, 11) is 0. The van der Waals surface area contributed by atoms with Crippen LogP contribution >= 0.6 is 0 Å². The third kappa shape index (κ3) is 1.77. The van der Waals surface area contributed by atoms with Crippen LogP contribution in [0, 0.1) is 0 Å². The van der Waals surface area contributed by atoms with Crippen LogP contribution in [0.1, 0.15) is 46.1 Å². The molecule has 110 valence electrons. The van der Waals surface area contributed by atoms with Crippen molar-refractivity contribution in [3.05, 3.63) is 53.0 Å². The lowest BCUT2D eigenvalue weighted by molar-refractivity contribution is 0.100. The van der Waals surface area contributed by atoms with Gasteiger partial charge in [0.25, 0.3) is 0 Å². The van der Waals surface area contributed by atoms with Crippen molar-refractivity contribution in [1.29, 1.82) is 0 Å². The van der Waals surface area contributed by atoms with Gasteiger partial charge < -0.3 is 5.73 Å². The molecule has 0 saturated heterocycles. The van der Waals surface area contributed by atoms with Gasteiger partial charge in [-0.05, 0) is 30.2 Å². The number of carbonyl (C=O) groups is 1. The van der Waals surface area contributed by atoms with Crippen molar-refractivity contribution in [3.63, 3.8) is 0 Å². The van der Waals surface area contributed by atoms with Gasteiger partial charge in [-0.15, -0.1) is 0 Å². The maximum Gasteiger partial charge on any atom is 0.248 e. The van der Waals surface area contributed by atoms with Gasteiger partial charge >= 0.3 is 0 Å². The van der Waals surface area contributed by atoms with Crippen LogP contribution in [-0.4, -0.2) is 26.3 Å². The topological polar surface area (TPSA) is 100 Å². The maximum atomic E-state index is 11.4. The predicted molar refractivity (Wildman–Crippen MR) is 83.4 cm³/mol. The summed E-state index contributed by atoms with van der Waals surface area (Å²) in [5.74, 6) is -0.0173. The van der Waals surface area contributed by atoms with Gasteiger partial charge in [0.15, 0.2) is 0 Å². The summed E-state index contributed by atoms with van der Waals surface area (Å²) in [6.45, 7) is 2.16. The van der Waals surface area contributed by atoms with Gasteiger partial charge in [-0.25, -0.2) is 0 Å². The summed E-state index contributed by atoms with van der Waals surface area (Å²) < 4.78 is 0. The fourth-order valence-electron chi connectivity index (χ4n) is 3.15. The first-order valence-corrected chi connectivity index (χ1v) is 7.14. The monoisotopic (exact) mass is 293 g/mol. The van der Waals surface area contributed by atoms with Crippen LogP contribution in [0.4, 0.5) is 0 Å². The molecule has 3 aromatic rings. The second-order valence-electron chi connectivity index (χ2n) is 5.65. The van der Waals surface area contributed by atoms with Gasteiger partial charge in [-0.1, -0.05) is 13.0 Å². The van der Waals surface area contributed by atoms with Gasteiger partial charge in [-0.3, -0.25) is 15.0 Å². The molecule has 22 heavy (non-hydrogen) atoms.